The van der Waals surface area contributed by atoms with E-state index in [1.165, 1.54) is 5.56 Å². The van der Waals surface area contributed by atoms with Crippen LogP contribution in [0.1, 0.15) is 16.7 Å². The van der Waals surface area contributed by atoms with E-state index < -0.39 is 0 Å². The Bertz CT molecular complexity index is 638. The molecule has 2 heterocycles. The number of hydrogen-bond donors (Lipinski definition) is 2. The van der Waals surface area contributed by atoms with Gasteiger partial charge in [0.05, 0.1) is 6.61 Å². The first kappa shape index (κ1) is 15.9. The number of rotatable bonds is 5. The molecule has 3 rings (SSSR count). The number of nitrogens with zero attached hydrogens (tertiary/aromatic N) is 3. The number of benzene rings is 1. The molecule has 0 aliphatic carbocycles. The lowest BCUT2D eigenvalue weighted by Gasteiger charge is -2.35. The zero-order valence-electron chi connectivity index (χ0n) is 13.4. The lowest BCUT2D eigenvalue weighted by Crippen LogP contribution is -2.45. The molecule has 3 N–H and O–H groups in total. The Morgan fingerprint density at radius 3 is 2.04 bits per heavy atom. The number of piperazine rings is 1. The summed E-state index contributed by atoms with van der Waals surface area (Å²) < 4.78 is 0. The zero-order chi connectivity index (χ0) is 16.1. The summed E-state index contributed by atoms with van der Waals surface area (Å²) in [5.74, 6) is 0.631. The van der Waals surface area contributed by atoms with Crippen molar-refractivity contribution >= 4 is 5.82 Å². The van der Waals surface area contributed by atoms with Crippen molar-refractivity contribution in [3.63, 3.8) is 0 Å². The Morgan fingerprint density at radius 2 is 1.43 bits per heavy atom. The van der Waals surface area contributed by atoms with Gasteiger partial charge in [0.15, 0.2) is 0 Å². The minimum Gasteiger partial charge on any atom is -0.392 e. The first-order valence-electron chi connectivity index (χ1n) is 8.08. The summed E-state index contributed by atoms with van der Waals surface area (Å²) in [6.45, 7) is 5.97. The Kier molecular flexibility index (Phi) is 5.23. The minimum atomic E-state index is 0.108. The molecule has 1 saturated heterocycles. The SMILES string of the molecule is Nc1ncccc1CN1CCN(Cc2ccccc2CO)CC1. The smallest absolute Gasteiger partial charge is 0.127 e. The highest BCUT2D eigenvalue weighted by Gasteiger charge is 2.18. The van der Waals surface area contributed by atoms with Crippen LogP contribution in [0.2, 0.25) is 0 Å². The van der Waals surface area contributed by atoms with E-state index in [2.05, 4.69) is 20.9 Å². The summed E-state index contributed by atoms with van der Waals surface area (Å²) in [6, 6.07) is 12.1. The maximum Gasteiger partial charge on any atom is 0.127 e. The molecule has 5 nitrogen and oxygen atoms in total. The Labute approximate surface area is 137 Å². The fraction of sp³-hybridized carbons (Fsp3) is 0.389. The van der Waals surface area contributed by atoms with Gasteiger partial charge < -0.3 is 10.8 Å². The van der Waals surface area contributed by atoms with E-state index in [-0.39, 0.29) is 6.61 Å². The molecule has 0 amide bonds. The fourth-order valence-corrected chi connectivity index (χ4v) is 3.04. The number of nitrogens with two attached hydrogens (primary N) is 1. The van der Waals surface area contributed by atoms with Crippen LogP contribution in [0.15, 0.2) is 42.6 Å². The van der Waals surface area contributed by atoms with Gasteiger partial charge in [0.2, 0.25) is 0 Å². The van der Waals surface area contributed by atoms with Crippen LogP contribution in [0.25, 0.3) is 0 Å². The minimum absolute atomic E-state index is 0.108. The van der Waals surface area contributed by atoms with Gasteiger partial charge in [-0.1, -0.05) is 30.3 Å². The van der Waals surface area contributed by atoms with Gasteiger partial charge in [-0.2, -0.15) is 0 Å². The van der Waals surface area contributed by atoms with Gasteiger partial charge >= 0.3 is 0 Å². The summed E-state index contributed by atoms with van der Waals surface area (Å²) in [7, 11) is 0. The lowest BCUT2D eigenvalue weighted by molar-refractivity contribution is 0.121. The van der Waals surface area contributed by atoms with E-state index in [4.69, 9.17) is 5.73 Å². The number of aliphatic hydroxyl groups is 1. The van der Waals surface area contributed by atoms with Crippen molar-refractivity contribution in [2.24, 2.45) is 0 Å². The van der Waals surface area contributed by atoms with Crippen molar-refractivity contribution in [1.82, 2.24) is 14.8 Å². The van der Waals surface area contributed by atoms with Crippen LogP contribution in [-0.4, -0.2) is 46.1 Å². The molecule has 1 aromatic carbocycles. The summed E-state index contributed by atoms with van der Waals surface area (Å²) >= 11 is 0. The van der Waals surface area contributed by atoms with Gasteiger partial charge in [0.1, 0.15) is 5.82 Å². The summed E-state index contributed by atoms with van der Waals surface area (Å²) in [6.07, 6.45) is 1.73. The molecule has 1 fully saturated rings. The van der Waals surface area contributed by atoms with Crippen molar-refractivity contribution in [3.8, 4) is 0 Å². The number of aromatic nitrogens is 1. The third-order valence-corrected chi connectivity index (χ3v) is 4.47. The fourth-order valence-electron chi connectivity index (χ4n) is 3.04. The first-order valence-corrected chi connectivity index (χ1v) is 8.08. The van der Waals surface area contributed by atoms with Crippen LogP contribution >= 0.6 is 0 Å². The van der Waals surface area contributed by atoms with Gasteiger partial charge in [0, 0.05) is 51.0 Å². The lowest BCUT2D eigenvalue weighted by atomic mass is 10.1. The standard InChI is InChI=1S/C18H24N4O/c19-18-16(6-3-7-20-18)13-22-10-8-21(9-11-22)12-15-4-1-2-5-17(15)14-23/h1-7,23H,8-14H2,(H2,19,20). The molecule has 1 aliphatic heterocycles. The molecule has 1 aliphatic rings. The average Bonchev–Trinajstić information content (AvgIpc) is 2.59. The van der Waals surface area contributed by atoms with E-state index in [0.29, 0.717) is 5.82 Å². The number of nitrogen functional groups attached to an aromatic ring is 1. The van der Waals surface area contributed by atoms with Gasteiger partial charge in [-0.15, -0.1) is 0 Å². The first-order chi connectivity index (χ1) is 11.3. The van der Waals surface area contributed by atoms with Crippen molar-refractivity contribution < 1.29 is 5.11 Å². The second-order valence-corrected chi connectivity index (χ2v) is 6.03. The monoisotopic (exact) mass is 312 g/mol. The van der Waals surface area contributed by atoms with Crippen LogP contribution in [-0.2, 0) is 19.7 Å². The quantitative estimate of drug-likeness (QED) is 0.875. The highest BCUT2D eigenvalue weighted by atomic mass is 16.3. The molecule has 0 unspecified atom stereocenters. The zero-order valence-corrected chi connectivity index (χ0v) is 13.4. The van der Waals surface area contributed by atoms with Crippen LogP contribution in [0.4, 0.5) is 5.82 Å². The van der Waals surface area contributed by atoms with Crippen molar-refractivity contribution in [2.75, 3.05) is 31.9 Å². The highest BCUT2D eigenvalue weighted by Crippen LogP contribution is 2.16. The van der Waals surface area contributed by atoms with Crippen LogP contribution in [0.3, 0.4) is 0 Å². The maximum atomic E-state index is 9.44. The van der Waals surface area contributed by atoms with E-state index in [9.17, 15) is 5.11 Å². The third kappa shape index (κ3) is 4.07. The van der Waals surface area contributed by atoms with Crippen LogP contribution < -0.4 is 5.73 Å². The Hall–Kier alpha value is -1.95. The molecule has 1 aromatic heterocycles. The molecule has 0 radical (unpaired) electrons. The maximum absolute atomic E-state index is 9.44. The van der Waals surface area contributed by atoms with Crippen LogP contribution in [0, 0.1) is 0 Å². The average molecular weight is 312 g/mol. The van der Waals surface area contributed by atoms with Crippen molar-refractivity contribution in [3.05, 3.63) is 59.3 Å². The topological polar surface area (TPSA) is 65.6 Å². The number of aliphatic hydroxyl groups excluding tert-OH is 1. The van der Waals surface area contributed by atoms with E-state index >= 15 is 0 Å². The molecule has 23 heavy (non-hydrogen) atoms. The predicted octanol–water partition coefficient (Wildman–Crippen LogP) is 1.47. The molecular weight excluding hydrogens is 288 g/mol. The van der Waals surface area contributed by atoms with E-state index in [1.54, 1.807) is 6.20 Å². The predicted molar refractivity (Wildman–Crippen MR) is 91.6 cm³/mol. The molecule has 5 heteroatoms. The molecule has 0 saturated carbocycles. The molecule has 2 aromatic rings. The highest BCUT2D eigenvalue weighted by molar-refractivity contribution is 5.38. The summed E-state index contributed by atoms with van der Waals surface area (Å²) in [5, 5.41) is 9.44. The van der Waals surface area contributed by atoms with Crippen molar-refractivity contribution in [2.45, 2.75) is 19.7 Å². The Morgan fingerprint density at radius 1 is 0.870 bits per heavy atom. The third-order valence-electron chi connectivity index (χ3n) is 4.47. The summed E-state index contributed by atoms with van der Waals surface area (Å²) in [5.41, 5.74) is 9.28. The van der Waals surface area contributed by atoms with Crippen LogP contribution in [0.5, 0.6) is 0 Å². The van der Waals surface area contributed by atoms with Crippen molar-refractivity contribution in [1.29, 1.82) is 0 Å². The summed E-state index contributed by atoms with van der Waals surface area (Å²) in [4.78, 5) is 9.01. The van der Waals surface area contributed by atoms with Gasteiger partial charge in [0.25, 0.3) is 0 Å². The Balaban J connectivity index is 1.53. The van der Waals surface area contributed by atoms with Gasteiger partial charge in [-0.3, -0.25) is 9.80 Å². The normalized spacial score (nSPS) is 16.6. The van der Waals surface area contributed by atoms with E-state index in [0.717, 1.165) is 50.4 Å². The second kappa shape index (κ2) is 7.55. The van der Waals surface area contributed by atoms with Gasteiger partial charge in [-0.05, 0) is 17.2 Å². The molecule has 122 valence electrons. The second-order valence-electron chi connectivity index (χ2n) is 6.03. The largest absolute Gasteiger partial charge is 0.392 e. The molecular formula is C18H24N4O. The molecule has 0 atom stereocenters. The number of hydrogen-bond acceptors (Lipinski definition) is 5. The van der Waals surface area contributed by atoms with Gasteiger partial charge in [-0.25, -0.2) is 4.98 Å². The van der Waals surface area contributed by atoms with E-state index in [1.807, 2.05) is 30.3 Å². The number of pyridine rings is 1. The molecule has 0 bridgehead atoms. The number of anilines is 1. The molecule has 0 spiro atoms.